The van der Waals surface area contributed by atoms with Gasteiger partial charge in [-0.1, -0.05) is 12.1 Å². The van der Waals surface area contributed by atoms with Crippen LogP contribution in [0.15, 0.2) is 18.2 Å². The number of anilines is 1. The molecule has 1 aromatic carbocycles. The SMILES string of the molecule is CN1CCc2cc([C@H](CNC(=O)C(=O)NC[C@@H]3CCCO3)N(C)C)ccc21. The molecule has 7 heteroatoms. The first kappa shape index (κ1) is 19.6. The van der Waals surface area contributed by atoms with Gasteiger partial charge in [0.25, 0.3) is 0 Å². The molecular weight excluding hydrogens is 344 g/mol. The molecular formula is C20H30N4O3. The second-order valence-corrected chi connectivity index (χ2v) is 7.59. The lowest BCUT2D eigenvalue weighted by molar-refractivity contribution is -0.139. The molecule has 2 aliphatic rings. The highest BCUT2D eigenvalue weighted by Crippen LogP contribution is 2.30. The highest BCUT2D eigenvalue weighted by Gasteiger charge is 2.23. The van der Waals surface area contributed by atoms with Crippen LogP contribution in [-0.2, 0) is 20.7 Å². The van der Waals surface area contributed by atoms with Crippen LogP contribution in [0, 0.1) is 0 Å². The van der Waals surface area contributed by atoms with Crippen molar-refractivity contribution >= 4 is 17.5 Å². The maximum atomic E-state index is 12.1. The number of hydrogen-bond acceptors (Lipinski definition) is 5. The number of hydrogen-bond donors (Lipinski definition) is 2. The first-order chi connectivity index (χ1) is 13.0. The molecule has 0 unspecified atom stereocenters. The van der Waals surface area contributed by atoms with Gasteiger partial charge >= 0.3 is 11.8 Å². The highest BCUT2D eigenvalue weighted by molar-refractivity contribution is 6.35. The number of nitrogens with zero attached hydrogens (tertiary/aromatic N) is 2. The van der Waals surface area contributed by atoms with Crippen molar-refractivity contribution in [3.8, 4) is 0 Å². The second kappa shape index (κ2) is 8.71. The standard InChI is InChI=1S/C20H30N4O3/c1-23(2)18(14-6-7-17-15(11-14)8-9-24(17)3)13-22-20(26)19(25)21-12-16-5-4-10-27-16/h6-7,11,16,18H,4-5,8-10,12-13H2,1-3H3,(H,21,25)(H,22,26)/t16-,18-/m0/s1. The zero-order valence-corrected chi connectivity index (χ0v) is 16.5. The van der Waals surface area contributed by atoms with E-state index in [0.717, 1.165) is 38.0 Å². The van der Waals surface area contributed by atoms with Crippen LogP contribution in [0.5, 0.6) is 0 Å². The van der Waals surface area contributed by atoms with Gasteiger partial charge in [0.2, 0.25) is 0 Å². The Bertz CT molecular complexity index is 686. The Hall–Kier alpha value is -2.12. The number of carbonyl (C=O) groups is 2. The predicted octanol–water partition coefficient (Wildman–Crippen LogP) is 0.693. The number of ether oxygens (including phenoxy) is 1. The van der Waals surface area contributed by atoms with Crippen LogP contribution in [0.3, 0.4) is 0 Å². The largest absolute Gasteiger partial charge is 0.376 e. The summed E-state index contributed by atoms with van der Waals surface area (Å²) in [7, 11) is 6.06. The molecule has 27 heavy (non-hydrogen) atoms. The van der Waals surface area contributed by atoms with Crippen molar-refractivity contribution in [2.75, 3.05) is 52.3 Å². The van der Waals surface area contributed by atoms with Gasteiger partial charge < -0.3 is 25.2 Å². The molecule has 0 saturated carbocycles. The van der Waals surface area contributed by atoms with Crippen LogP contribution in [0.25, 0.3) is 0 Å². The molecule has 0 spiro atoms. The Balaban J connectivity index is 1.55. The predicted molar refractivity (Wildman–Crippen MR) is 105 cm³/mol. The molecule has 7 nitrogen and oxygen atoms in total. The lowest BCUT2D eigenvalue weighted by Crippen LogP contribution is -2.44. The molecule has 1 aromatic rings. The third-order valence-corrected chi connectivity index (χ3v) is 5.42. The van der Waals surface area contributed by atoms with Crippen LogP contribution in [-0.4, -0.2) is 70.2 Å². The summed E-state index contributed by atoms with van der Waals surface area (Å²) < 4.78 is 5.46. The number of benzene rings is 1. The number of rotatable bonds is 6. The first-order valence-corrected chi connectivity index (χ1v) is 9.63. The third-order valence-electron chi connectivity index (χ3n) is 5.42. The van der Waals surface area contributed by atoms with E-state index in [9.17, 15) is 9.59 Å². The van der Waals surface area contributed by atoms with Gasteiger partial charge in [-0.15, -0.1) is 0 Å². The van der Waals surface area contributed by atoms with Crippen LogP contribution >= 0.6 is 0 Å². The van der Waals surface area contributed by atoms with E-state index in [1.165, 1.54) is 11.3 Å². The van der Waals surface area contributed by atoms with Crippen molar-refractivity contribution in [3.05, 3.63) is 29.3 Å². The monoisotopic (exact) mass is 374 g/mol. The second-order valence-electron chi connectivity index (χ2n) is 7.59. The van der Waals surface area contributed by atoms with Crippen LogP contribution < -0.4 is 15.5 Å². The summed E-state index contributed by atoms with van der Waals surface area (Å²) in [6.45, 7) is 2.54. The number of fused-ring (bicyclic) bond motifs is 1. The zero-order valence-electron chi connectivity index (χ0n) is 16.5. The summed E-state index contributed by atoms with van der Waals surface area (Å²) in [4.78, 5) is 28.5. The molecule has 148 valence electrons. The topological polar surface area (TPSA) is 73.9 Å². The molecule has 2 heterocycles. The van der Waals surface area contributed by atoms with Crippen molar-refractivity contribution in [2.24, 2.45) is 0 Å². The third kappa shape index (κ3) is 4.78. The Morgan fingerprint density at radius 2 is 2.07 bits per heavy atom. The molecule has 3 rings (SSSR count). The van der Waals surface area contributed by atoms with Crippen molar-refractivity contribution in [1.82, 2.24) is 15.5 Å². The van der Waals surface area contributed by atoms with E-state index >= 15 is 0 Å². The van der Waals surface area contributed by atoms with Crippen molar-refractivity contribution in [1.29, 1.82) is 0 Å². The number of amides is 2. The lowest BCUT2D eigenvalue weighted by atomic mass is 10.0. The summed E-state index contributed by atoms with van der Waals surface area (Å²) in [6.07, 6.45) is 3.00. The van der Waals surface area contributed by atoms with Gasteiger partial charge in [0.1, 0.15) is 0 Å². The van der Waals surface area contributed by atoms with Gasteiger partial charge in [-0.25, -0.2) is 0 Å². The number of likely N-dealkylation sites (N-methyl/N-ethyl adjacent to an activating group) is 2. The molecule has 0 bridgehead atoms. The lowest BCUT2D eigenvalue weighted by Gasteiger charge is -2.26. The average Bonchev–Trinajstić information content (AvgIpc) is 3.29. The fraction of sp³-hybridized carbons (Fsp3) is 0.600. The Labute approximate surface area is 161 Å². The minimum Gasteiger partial charge on any atom is -0.376 e. The van der Waals surface area contributed by atoms with E-state index in [4.69, 9.17) is 4.74 Å². The summed E-state index contributed by atoms with van der Waals surface area (Å²) in [6, 6.07) is 6.48. The smallest absolute Gasteiger partial charge is 0.309 e. The summed E-state index contributed by atoms with van der Waals surface area (Å²) >= 11 is 0. The molecule has 2 amide bonds. The minimum absolute atomic E-state index is 0.0103. The molecule has 0 aliphatic carbocycles. The molecule has 1 saturated heterocycles. The molecule has 2 aliphatic heterocycles. The summed E-state index contributed by atoms with van der Waals surface area (Å²) in [5.74, 6) is -1.20. The molecule has 2 N–H and O–H groups in total. The highest BCUT2D eigenvalue weighted by atomic mass is 16.5. The average molecular weight is 374 g/mol. The van der Waals surface area contributed by atoms with E-state index in [2.05, 4.69) is 45.7 Å². The van der Waals surface area contributed by atoms with Crippen LogP contribution in [0.4, 0.5) is 5.69 Å². The van der Waals surface area contributed by atoms with Gasteiger partial charge in [0.15, 0.2) is 0 Å². The van der Waals surface area contributed by atoms with Crippen LogP contribution in [0.2, 0.25) is 0 Å². The first-order valence-electron chi connectivity index (χ1n) is 9.63. The molecule has 2 atom stereocenters. The maximum absolute atomic E-state index is 12.1. The van der Waals surface area contributed by atoms with E-state index in [1.807, 2.05) is 14.1 Å². The maximum Gasteiger partial charge on any atom is 0.309 e. The minimum atomic E-state index is -0.599. The van der Waals surface area contributed by atoms with Gasteiger partial charge in [0.05, 0.1) is 12.1 Å². The van der Waals surface area contributed by atoms with Gasteiger partial charge in [0, 0.05) is 39.0 Å². The van der Waals surface area contributed by atoms with E-state index in [0.29, 0.717) is 13.1 Å². The quantitative estimate of drug-likeness (QED) is 0.717. The Morgan fingerprint density at radius 3 is 2.78 bits per heavy atom. The number of nitrogens with one attached hydrogen (secondary N) is 2. The van der Waals surface area contributed by atoms with Gasteiger partial charge in [-0.3, -0.25) is 9.59 Å². The molecule has 1 fully saturated rings. The Morgan fingerprint density at radius 1 is 1.30 bits per heavy atom. The molecule has 0 radical (unpaired) electrons. The molecule has 0 aromatic heterocycles. The zero-order chi connectivity index (χ0) is 19.4. The normalized spacial score (nSPS) is 19.9. The van der Waals surface area contributed by atoms with E-state index < -0.39 is 11.8 Å². The van der Waals surface area contributed by atoms with Crippen molar-refractivity contribution in [3.63, 3.8) is 0 Å². The fourth-order valence-corrected chi connectivity index (χ4v) is 3.75. The van der Waals surface area contributed by atoms with Gasteiger partial charge in [-0.05, 0) is 50.6 Å². The summed E-state index contributed by atoms with van der Waals surface area (Å²) in [5.41, 5.74) is 3.75. The van der Waals surface area contributed by atoms with Crippen LogP contribution in [0.1, 0.15) is 30.0 Å². The number of carbonyl (C=O) groups excluding carboxylic acids is 2. The van der Waals surface area contributed by atoms with Crippen molar-refractivity contribution in [2.45, 2.75) is 31.4 Å². The van der Waals surface area contributed by atoms with Gasteiger partial charge in [-0.2, -0.15) is 0 Å². The Kier molecular flexibility index (Phi) is 6.34. The van der Waals surface area contributed by atoms with E-state index in [-0.39, 0.29) is 12.1 Å². The fourth-order valence-electron chi connectivity index (χ4n) is 3.75. The summed E-state index contributed by atoms with van der Waals surface area (Å²) in [5, 5.41) is 5.43. The van der Waals surface area contributed by atoms with E-state index in [1.54, 1.807) is 0 Å². The van der Waals surface area contributed by atoms with Crippen molar-refractivity contribution < 1.29 is 14.3 Å².